The third-order valence-electron chi connectivity index (χ3n) is 3.77. The van der Waals surface area contributed by atoms with E-state index in [1.165, 1.54) is 36.4 Å². The first-order valence-electron chi connectivity index (χ1n) is 7.59. The molecule has 0 saturated carbocycles. The van der Waals surface area contributed by atoms with E-state index in [0.717, 1.165) is 28.8 Å². The average molecular weight is 425 g/mol. The fourth-order valence-corrected chi connectivity index (χ4v) is 3.78. The van der Waals surface area contributed by atoms with Gasteiger partial charge >= 0.3 is 12.1 Å². The average Bonchev–Trinajstić information content (AvgIpc) is 2.89. The van der Waals surface area contributed by atoms with Crippen molar-refractivity contribution >= 4 is 51.9 Å². The molecule has 5 nitrogen and oxygen atoms in total. The number of benzene rings is 2. The number of phenols is 1. The van der Waals surface area contributed by atoms with Gasteiger partial charge in [-0.2, -0.15) is 13.2 Å². The topological polar surface area (TPSA) is 77.8 Å². The predicted octanol–water partition coefficient (Wildman–Crippen LogP) is 4.52. The number of carbonyl (C=O) groups is 2. The van der Waals surface area contributed by atoms with Crippen LogP contribution in [0.3, 0.4) is 0 Å². The van der Waals surface area contributed by atoms with Crippen LogP contribution in [0.4, 0.5) is 18.9 Å². The summed E-state index contributed by atoms with van der Waals surface area (Å²) in [7, 11) is 0. The van der Waals surface area contributed by atoms with Gasteiger partial charge in [-0.3, -0.25) is 9.69 Å². The third-order valence-corrected chi connectivity index (χ3v) is 5.08. The molecule has 2 aromatic rings. The standard InChI is InChI=1S/C18H10F3NO4S2/c19-18(20,21)10-2-1-3-11(8-10)22-15(24)14(28-17(22)27)7-9-4-5-13(23)12(6-9)16(25)26/h1-8,23H,(H,25,26). The molecule has 1 amide bonds. The van der Waals surface area contributed by atoms with Crippen LogP contribution in [0.1, 0.15) is 21.5 Å². The Kier molecular flexibility index (Phi) is 5.18. The second-order valence-corrected chi connectivity index (χ2v) is 7.32. The van der Waals surface area contributed by atoms with Gasteiger partial charge in [-0.15, -0.1) is 0 Å². The molecule has 2 N–H and O–H groups in total. The largest absolute Gasteiger partial charge is 0.507 e. The number of alkyl halides is 3. The second-order valence-electron chi connectivity index (χ2n) is 5.65. The summed E-state index contributed by atoms with van der Waals surface area (Å²) >= 11 is 6.01. The van der Waals surface area contributed by atoms with E-state index < -0.39 is 29.4 Å². The summed E-state index contributed by atoms with van der Waals surface area (Å²) in [5.41, 5.74) is -0.952. The molecule has 1 aliphatic rings. The van der Waals surface area contributed by atoms with Crippen LogP contribution < -0.4 is 4.90 Å². The normalized spacial score (nSPS) is 16.1. The molecule has 0 atom stereocenters. The monoisotopic (exact) mass is 425 g/mol. The van der Waals surface area contributed by atoms with E-state index in [0.29, 0.717) is 5.56 Å². The van der Waals surface area contributed by atoms with Crippen LogP contribution in [0.2, 0.25) is 0 Å². The highest BCUT2D eigenvalue weighted by Gasteiger charge is 2.36. The summed E-state index contributed by atoms with van der Waals surface area (Å²) in [6.07, 6.45) is -3.20. The minimum Gasteiger partial charge on any atom is -0.507 e. The van der Waals surface area contributed by atoms with Gasteiger partial charge in [0.15, 0.2) is 4.32 Å². The number of nitrogens with zero attached hydrogens (tertiary/aromatic N) is 1. The van der Waals surface area contributed by atoms with E-state index in [9.17, 15) is 27.9 Å². The summed E-state index contributed by atoms with van der Waals surface area (Å²) in [5.74, 6) is -2.40. The van der Waals surface area contributed by atoms with Crippen molar-refractivity contribution in [2.75, 3.05) is 4.90 Å². The van der Waals surface area contributed by atoms with Crippen molar-refractivity contribution in [1.29, 1.82) is 0 Å². The summed E-state index contributed by atoms with van der Waals surface area (Å²) in [4.78, 5) is 24.9. The smallest absolute Gasteiger partial charge is 0.416 e. The van der Waals surface area contributed by atoms with E-state index in [-0.39, 0.29) is 20.5 Å². The van der Waals surface area contributed by atoms with E-state index in [1.54, 1.807) is 0 Å². The zero-order chi connectivity index (χ0) is 20.6. The van der Waals surface area contributed by atoms with Crippen molar-refractivity contribution in [3.05, 3.63) is 64.1 Å². The Bertz CT molecular complexity index is 1030. The highest BCUT2D eigenvalue weighted by molar-refractivity contribution is 8.27. The molecule has 1 heterocycles. The molecule has 2 aromatic carbocycles. The van der Waals surface area contributed by atoms with Crippen LogP contribution >= 0.6 is 24.0 Å². The van der Waals surface area contributed by atoms with Crippen LogP contribution in [0.25, 0.3) is 6.08 Å². The van der Waals surface area contributed by atoms with Gasteiger partial charge in [0, 0.05) is 0 Å². The number of halogens is 3. The van der Waals surface area contributed by atoms with E-state index in [1.807, 2.05) is 0 Å². The van der Waals surface area contributed by atoms with Crippen molar-refractivity contribution in [2.45, 2.75) is 6.18 Å². The lowest BCUT2D eigenvalue weighted by atomic mass is 10.1. The number of carboxylic acid groups (broad SMARTS) is 1. The van der Waals surface area contributed by atoms with Crippen molar-refractivity contribution in [1.82, 2.24) is 0 Å². The fraction of sp³-hybridized carbons (Fsp3) is 0.0556. The molecule has 0 unspecified atom stereocenters. The van der Waals surface area contributed by atoms with Crippen molar-refractivity contribution in [2.24, 2.45) is 0 Å². The number of aromatic carboxylic acids is 1. The lowest BCUT2D eigenvalue weighted by Crippen LogP contribution is -2.27. The van der Waals surface area contributed by atoms with Gasteiger partial charge in [-0.05, 0) is 42.0 Å². The van der Waals surface area contributed by atoms with Crippen LogP contribution in [0, 0.1) is 0 Å². The van der Waals surface area contributed by atoms with Gasteiger partial charge in [-0.1, -0.05) is 36.1 Å². The molecule has 1 fully saturated rings. The Hall–Kier alpha value is -2.85. The first kappa shape index (κ1) is 19.9. The first-order chi connectivity index (χ1) is 13.1. The number of thioether (sulfide) groups is 1. The molecule has 0 radical (unpaired) electrons. The number of hydrogen-bond donors (Lipinski definition) is 2. The number of rotatable bonds is 3. The number of carboxylic acids is 1. The number of thiocarbonyl (C=S) groups is 1. The molecule has 1 aliphatic heterocycles. The minimum absolute atomic E-state index is 0.0161. The van der Waals surface area contributed by atoms with Gasteiger partial charge in [0.05, 0.1) is 16.2 Å². The summed E-state index contributed by atoms with van der Waals surface area (Å²) in [6.45, 7) is 0. The molecule has 28 heavy (non-hydrogen) atoms. The summed E-state index contributed by atoms with van der Waals surface area (Å²) in [5, 5.41) is 18.6. The molecule has 144 valence electrons. The molecule has 0 bridgehead atoms. The number of hydrogen-bond acceptors (Lipinski definition) is 5. The fourth-order valence-electron chi connectivity index (χ4n) is 2.48. The third kappa shape index (κ3) is 3.87. The first-order valence-corrected chi connectivity index (χ1v) is 8.82. The number of anilines is 1. The Morgan fingerprint density at radius 2 is 1.89 bits per heavy atom. The SMILES string of the molecule is O=C(O)c1cc(C=C2SC(=S)N(c3cccc(C(F)(F)F)c3)C2=O)ccc1O. The molecule has 0 aromatic heterocycles. The van der Waals surface area contributed by atoms with Crippen LogP contribution in [0.15, 0.2) is 47.4 Å². The molecule has 1 saturated heterocycles. The van der Waals surface area contributed by atoms with Crippen molar-refractivity contribution < 1.29 is 33.0 Å². The molecule has 0 aliphatic carbocycles. The van der Waals surface area contributed by atoms with Gasteiger partial charge in [0.25, 0.3) is 5.91 Å². The van der Waals surface area contributed by atoms with Gasteiger partial charge < -0.3 is 10.2 Å². The van der Waals surface area contributed by atoms with E-state index >= 15 is 0 Å². The molecule has 10 heteroatoms. The van der Waals surface area contributed by atoms with Gasteiger partial charge in [0.1, 0.15) is 11.3 Å². The Balaban J connectivity index is 1.96. The maximum Gasteiger partial charge on any atom is 0.416 e. The Morgan fingerprint density at radius 3 is 2.54 bits per heavy atom. The van der Waals surface area contributed by atoms with E-state index in [4.69, 9.17) is 17.3 Å². The predicted molar refractivity (Wildman–Crippen MR) is 102 cm³/mol. The maximum absolute atomic E-state index is 12.9. The zero-order valence-corrected chi connectivity index (χ0v) is 15.4. The lowest BCUT2D eigenvalue weighted by molar-refractivity contribution is -0.137. The minimum atomic E-state index is -4.56. The van der Waals surface area contributed by atoms with Crippen LogP contribution in [-0.2, 0) is 11.0 Å². The Labute approximate surface area is 166 Å². The van der Waals surface area contributed by atoms with E-state index in [2.05, 4.69) is 0 Å². The van der Waals surface area contributed by atoms with Gasteiger partial charge in [-0.25, -0.2) is 4.79 Å². The summed E-state index contributed by atoms with van der Waals surface area (Å²) in [6, 6.07) is 7.99. The van der Waals surface area contributed by atoms with Crippen molar-refractivity contribution in [3.8, 4) is 5.75 Å². The molecule has 0 spiro atoms. The molecule has 3 rings (SSSR count). The van der Waals surface area contributed by atoms with Gasteiger partial charge in [0.2, 0.25) is 0 Å². The second kappa shape index (κ2) is 7.28. The molecular weight excluding hydrogens is 415 g/mol. The number of aromatic hydroxyl groups is 1. The zero-order valence-electron chi connectivity index (χ0n) is 13.7. The number of carbonyl (C=O) groups excluding carboxylic acids is 1. The molecular formula is C18H10F3NO4S2. The maximum atomic E-state index is 12.9. The van der Waals surface area contributed by atoms with Crippen molar-refractivity contribution in [3.63, 3.8) is 0 Å². The van der Waals surface area contributed by atoms with Crippen LogP contribution in [0.5, 0.6) is 5.75 Å². The highest BCUT2D eigenvalue weighted by Crippen LogP contribution is 2.38. The lowest BCUT2D eigenvalue weighted by Gasteiger charge is -2.16. The Morgan fingerprint density at radius 1 is 1.18 bits per heavy atom. The number of amides is 1. The highest BCUT2D eigenvalue weighted by atomic mass is 32.2. The quantitative estimate of drug-likeness (QED) is 0.556. The van der Waals surface area contributed by atoms with Crippen LogP contribution in [-0.4, -0.2) is 26.4 Å². The summed E-state index contributed by atoms with van der Waals surface area (Å²) < 4.78 is 38.8.